The number of nitrogens with one attached hydrogen (secondary N) is 1. The number of carboxylic acid groups (broad SMARTS) is 1. The average Bonchev–Trinajstić information content (AvgIpc) is 3.57. The zero-order valence-corrected chi connectivity index (χ0v) is 31.0. The van der Waals surface area contributed by atoms with Crippen molar-refractivity contribution in [3.63, 3.8) is 0 Å². The van der Waals surface area contributed by atoms with Crippen LogP contribution in [0, 0.1) is 74.9 Å². The Kier molecular flexibility index (Phi) is 8.47. The number of fused-ring (bicyclic) bond motifs is 4. The van der Waals surface area contributed by atoms with Gasteiger partial charge in [-0.05, 0) is 152 Å². The van der Waals surface area contributed by atoms with Gasteiger partial charge in [0, 0.05) is 32.0 Å². The molecule has 0 aromatic heterocycles. The summed E-state index contributed by atoms with van der Waals surface area (Å²) in [6, 6.07) is 0. The van der Waals surface area contributed by atoms with Crippen LogP contribution in [0.15, 0.2) is 0 Å². The zero-order valence-electron chi connectivity index (χ0n) is 31.0. The van der Waals surface area contributed by atoms with Crippen LogP contribution in [0.2, 0.25) is 0 Å². The van der Waals surface area contributed by atoms with Crippen LogP contribution in [0.4, 0.5) is 4.79 Å². The lowest BCUT2D eigenvalue weighted by Gasteiger charge is -2.60. The molecule has 8 fully saturated rings. The van der Waals surface area contributed by atoms with Crippen LogP contribution in [0.1, 0.15) is 125 Å². The highest BCUT2D eigenvalue weighted by Crippen LogP contribution is 2.87. The molecule has 2 heterocycles. The van der Waals surface area contributed by atoms with E-state index in [0.29, 0.717) is 89.4 Å². The molecule has 6 saturated carbocycles. The maximum Gasteiger partial charge on any atom is 0.407 e. The number of rotatable bonds is 9. The van der Waals surface area contributed by atoms with Gasteiger partial charge in [-0.15, -0.1) is 0 Å². The first-order valence-corrected chi connectivity index (χ1v) is 20.4. The second-order valence-corrected chi connectivity index (χ2v) is 19.6. The number of carbonyl (C=O) groups excluding carboxylic acids is 2. The number of nitrogens with zero attached hydrogens (tertiary/aromatic N) is 1. The number of hydrogen-bond acceptors (Lipinski definition) is 5. The summed E-state index contributed by atoms with van der Waals surface area (Å²) in [4.78, 5) is 38.5. The van der Waals surface area contributed by atoms with Gasteiger partial charge in [-0.3, -0.25) is 9.59 Å². The van der Waals surface area contributed by atoms with Gasteiger partial charge >= 0.3 is 12.1 Å². The van der Waals surface area contributed by atoms with Gasteiger partial charge < -0.3 is 24.8 Å². The summed E-state index contributed by atoms with van der Waals surface area (Å²) < 4.78 is 13.0. The molecular formula is C41H64N2O6. The molecule has 12 unspecified atom stereocenters. The van der Waals surface area contributed by atoms with Crippen molar-refractivity contribution in [2.45, 2.75) is 137 Å². The quantitative estimate of drug-likeness (QED) is 0.244. The predicted molar refractivity (Wildman–Crippen MR) is 186 cm³/mol. The molecule has 8 rings (SSSR count). The summed E-state index contributed by atoms with van der Waals surface area (Å²) in [5.41, 5.74) is 1.48. The average molecular weight is 681 g/mol. The number of carboxylic acids is 1. The summed E-state index contributed by atoms with van der Waals surface area (Å²) in [5, 5.41) is 11.6. The summed E-state index contributed by atoms with van der Waals surface area (Å²) in [7, 11) is 0. The molecule has 2 aliphatic heterocycles. The zero-order chi connectivity index (χ0) is 34.5. The summed E-state index contributed by atoms with van der Waals surface area (Å²) in [6.07, 6.45) is 15.9. The Morgan fingerprint density at radius 1 is 0.918 bits per heavy atom. The molecule has 8 aliphatic rings. The van der Waals surface area contributed by atoms with E-state index in [4.69, 9.17) is 14.6 Å². The SMILES string of the molecule is CC(C)C1C(C(=O)N2CCC2)CC1C1CCC2C(CC3C4CCC5C(C)(C)C(COC(=O)NCCCC(=O)O)CC[C@@]56CC46CCC23C)O1. The van der Waals surface area contributed by atoms with E-state index < -0.39 is 12.1 Å². The van der Waals surface area contributed by atoms with Gasteiger partial charge in [0.05, 0.1) is 18.8 Å². The number of aliphatic carboxylic acids is 1. The summed E-state index contributed by atoms with van der Waals surface area (Å²) in [6.45, 7) is 15.0. The molecule has 2 amide bonds. The summed E-state index contributed by atoms with van der Waals surface area (Å²) >= 11 is 0. The van der Waals surface area contributed by atoms with E-state index >= 15 is 0 Å². The van der Waals surface area contributed by atoms with Crippen molar-refractivity contribution in [2.75, 3.05) is 26.2 Å². The van der Waals surface area contributed by atoms with Gasteiger partial charge in [-0.2, -0.15) is 0 Å². The van der Waals surface area contributed by atoms with Gasteiger partial charge in [-0.1, -0.05) is 34.6 Å². The van der Waals surface area contributed by atoms with Crippen molar-refractivity contribution >= 4 is 18.0 Å². The van der Waals surface area contributed by atoms with Gasteiger partial charge in [0.15, 0.2) is 0 Å². The number of likely N-dealkylation sites (tertiary alicyclic amines) is 1. The lowest BCUT2D eigenvalue weighted by molar-refractivity contribution is -0.175. The third-order valence-corrected chi connectivity index (χ3v) is 17.3. The monoisotopic (exact) mass is 680 g/mol. The molecule has 0 aromatic rings. The minimum Gasteiger partial charge on any atom is -0.481 e. The first kappa shape index (κ1) is 34.3. The maximum absolute atomic E-state index is 13.2. The van der Waals surface area contributed by atoms with Gasteiger partial charge in [0.1, 0.15) is 0 Å². The van der Waals surface area contributed by atoms with Crippen LogP contribution in [0.3, 0.4) is 0 Å². The normalized spacial score (nSPS) is 47.3. The number of hydrogen-bond donors (Lipinski definition) is 2. The van der Waals surface area contributed by atoms with Crippen molar-refractivity contribution in [3.8, 4) is 0 Å². The molecule has 13 atom stereocenters. The van der Waals surface area contributed by atoms with Crippen LogP contribution in [-0.4, -0.2) is 66.4 Å². The molecule has 49 heavy (non-hydrogen) atoms. The standard InChI is InChI=1S/C41H64N2O6/c1-24(2)35-26(20-27(35)36(46)43-18-7-19-43)31-11-9-29-32(49-31)21-30-28-10-12-33-38(3,4)25(22-48-37(47)42-17-6-8-34(44)45)13-14-41(33)23-40(28,41)16-15-39(29,30)5/h24-33,35H,6-23H2,1-5H3,(H,42,47)(H,44,45)/t25?,26?,27?,28?,29?,30?,31?,32?,33?,35?,39?,40?,41-/m1/s1. The van der Waals surface area contributed by atoms with Gasteiger partial charge in [-0.25, -0.2) is 4.79 Å². The molecular weight excluding hydrogens is 616 g/mol. The Hall–Kier alpha value is -1.83. The highest BCUT2D eigenvalue weighted by atomic mass is 16.5. The topological polar surface area (TPSA) is 105 Å². The molecule has 2 spiro atoms. The van der Waals surface area contributed by atoms with Crippen molar-refractivity contribution < 1.29 is 29.0 Å². The molecule has 8 heteroatoms. The second-order valence-electron chi connectivity index (χ2n) is 19.6. The molecule has 0 radical (unpaired) electrons. The minimum absolute atomic E-state index is 0.0547. The van der Waals surface area contributed by atoms with Crippen molar-refractivity contribution in [3.05, 3.63) is 0 Å². The largest absolute Gasteiger partial charge is 0.481 e. The van der Waals surface area contributed by atoms with E-state index in [1.165, 1.54) is 64.2 Å². The highest BCUT2D eigenvalue weighted by Gasteiger charge is 2.80. The first-order chi connectivity index (χ1) is 23.3. The number of amides is 2. The van der Waals surface area contributed by atoms with E-state index in [1.54, 1.807) is 0 Å². The predicted octanol–water partition coefficient (Wildman–Crippen LogP) is 7.54. The van der Waals surface area contributed by atoms with Crippen LogP contribution >= 0.6 is 0 Å². The molecule has 274 valence electrons. The number of carbonyl (C=O) groups is 3. The Bertz CT molecular complexity index is 1330. The van der Waals surface area contributed by atoms with E-state index in [2.05, 4.69) is 44.8 Å². The molecule has 8 nitrogen and oxygen atoms in total. The number of ether oxygens (including phenoxy) is 2. The van der Waals surface area contributed by atoms with Crippen molar-refractivity contribution in [1.29, 1.82) is 0 Å². The molecule has 0 aromatic carbocycles. The van der Waals surface area contributed by atoms with Crippen molar-refractivity contribution in [1.82, 2.24) is 10.2 Å². The Morgan fingerprint density at radius 2 is 1.69 bits per heavy atom. The first-order valence-electron chi connectivity index (χ1n) is 20.4. The van der Waals surface area contributed by atoms with Crippen LogP contribution in [0.25, 0.3) is 0 Å². The Balaban J connectivity index is 0.904. The van der Waals surface area contributed by atoms with E-state index in [1.807, 2.05) is 0 Å². The third-order valence-electron chi connectivity index (χ3n) is 17.3. The smallest absolute Gasteiger partial charge is 0.407 e. The van der Waals surface area contributed by atoms with Crippen LogP contribution in [-0.2, 0) is 19.1 Å². The number of alkyl carbamates (subject to hydrolysis) is 1. The van der Waals surface area contributed by atoms with E-state index in [9.17, 15) is 14.4 Å². The second kappa shape index (κ2) is 12.1. The van der Waals surface area contributed by atoms with Crippen molar-refractivity contribution in [2.24, 2.45) is 74.9 Å². The minimum atomic E-state index is -0.842. The fourth-order valence-electron chi connectivity index (χ4n) is 14.7. The fourth-order valence-corrected chi connectivity index (χ4v) is 14.7. The Labute approximate surface area is 294 Å². The molecule has 2 N–H and O–H groups in total. The Morgan fingerprint density at radius 3 is 2.41 bits per heavy atom. The molecule has 0 bridgehead atoms. The highest BCUT2D eigenvalue weighted by molar-refractivity contribution is 5.81. The van der Waals surface area contributed by atoms with Gasteiger partial charge in [0.25, 0.3) is 0 Å². The van der Waals surface area contributed by atoms with Crippen LogP contribution < -0.4 is 5.32 Å². The van der Waals surface area contributed by atoms with E-state index in [-0.39, 0.29) is 17.8 Å². The third kappa shape index (κ3) is 5.16. The lowest BCUT2D eigenvalue weighted by Crippen LogP contribution is -2.57. The van der Waals surface area contributed by atoms with Gasteiger partial charge in [0.2, 0.25) is 5.91 Å². The molecule has 6 aliphatic carbocycles. The molecule has 2 saturated heterocycles. The maximum atomic E-state index is 13.2. The lowest BCUT2D eigenvalue weighted by atomic mass is 9.45. The summed E-state index contributed by atoms with van der Waals surface area (Å²) in [5.74, 6) is 4.67. The van der Waals surface area contributed by atoms with Crippen LogP contribution in [0.5, 0.6) is 0 Å². The van der Waals surface area contributed by atoms with E-state index in [0.717, 1.165) is 37.8 Å². The fraction of sp³-hybridized carbons (Fsp3) is 0.927.